The average molecular weight is 413 g/mol. The van der Waals surface area contributed by atoms with Crippen molar-refractivity contribution in [2.45, 2.75) is 26.2 Å². The number of likely N-dealkylation sites (N-methyl/N-ethyl adjacent to an activating group) is 1. The molecule has 0 bridgehead atoms. The van der Waals surface area contributed by atoms with Crippen molar-refractivity contribution in [3.05, 3.63) is 23.9 Å². The van der Waals surface area contributed by atoms with E-state index in [4.69, 9.17) is 24.5 Å². The van der Waals surface area contributed by atoms with E-state index in [9.17, 15) is 0 Å². The van der Waals surface area contributed by atoms with Crippen molar-refractivity contribution in [2.75, 3.05) is 26.7 Å². The number of ether oxygens (including phenoxy) is 1. The van der Waals surface area contributed by atoms with Crippen LogP contribution in [0.2, 0.25) is 0 Å². The smallest absolute Gasteiger partial charge is 0.543 e. The van der Waals surface area contributed by atoms with Gasteiger partial charge in [-0.2, -0.15) is 4.37 Å². The molecule has 0 aromatic carbocycles. The van der Waals surface area contributed by atoms with Crippen molar-refractivity contribution in [2.24, 2.45) is 0 Å². The maximum Gasteiger partial charge on any atom is 1.00 e. The Labute approximate surface area is 207 Å². The number of carbonyl (C=O) groups excluding carboxylic acids is 2. The molecule has 2 rings (SSSR count). The largest absolute Gasteiger partial charge is 1.00 e. The molecule has 0 radical (unpaired) electrons. The van der Waals surface area contributed by atoms with E-state index in [1.54, 1.807) is 0 Å². The molecule has 0 spiro atoms. The normalized spacial score (nSPS) is 13.5. The summed E-state index contributed by atoms with van der Waals surface area (Å²) in [7, 11) is 2.13. The third kappa shape index (κ3) is 12.0. The van der Waals surface area contributed by atoms with E-state index in [0.29, 0.717) is 12.5 Å². The van der Waals surface area contributed by atoms with Gasteiger partial charge in [0.1, 0.15) is 5.69 Å². The van der Waals surface area contributed by atoms with Gasteiger partial charge in [0.05, 0.1) is 30.3 Å². The van der Waals surface area contributed by atoms with Crippen LogP contribution in [-0.2, 0) is 9.59 Å². The number of hydrogen-bond donors (Lipinski definition) is 0. The Morgan fingerprint density at radius 1 is 1.26 bits per heavy atom. The van der Waals surface area contributed by atoms with Crippen LogP contribution in [0.5, 0.6) is 5.88 Å². The van der Waals surface area contributed by atoms with E-state index in [1.807, 2.05) is 0 Å². The molecule has 8 nitrogen and oxygen atoms in total. The summed E-state index contributed by atoms with van der Waals surface area (Å²) in [6.07, 6.45) is 9.62. The monoisotopic (exact) mass is 413 g/mol. The second kappa shape index (κ2) is 16.7. The molecule has 0 saturated heterocycles. The van der Waals surface area contributed by atoms with Gasteiger partial charge in [0.2, 0.25) is 0 Å². The van der Waals surface area contributed by atoms with Crippen molar-refractivity contribution >= 4 is 29.2 Å². The van der Waals surface area contributed by atoms with Gasteiger partial charge in [-0.1, -0.05) is 25.2 Å². The number of carboxylic acids is 2. The molecule has 0 saturated carbocycles. The Hall–Kier alpha value is -0.260. The fourth-order valence-electron chi connectivity index (χ4n) is 2.04. The molecule has 0 amide bonds. The Balaban J connectivity index is 0. The zero-order valence-corrected chi connectivity index (χ0v) is 21.1. The second-order valence-corrected chi connectivity index (χ2v) is 5.79. The Kier molecular flexibility index (Phi) is 17.9. The molecule has 1 aromatic rings. The molecule has 0 unspecified atom stereocenters. The summed E-state index contributed by atoms with van der Waals surface area (Å²) in [5, 5.41) is 17.9. The molecule has 0 N–H and O–H groups in total. The van der Waals surface area contributed by atoms with Crippen LogP contribution in [0.4, 0.5) is 0 Å². The molecule has 1 aliphatic heterocycles. The maximum absolute atomic E-state index is 8.93. The SMILES string of the molecule is CC/C=C/CCOc1nsnc1C1=CCCN(C)C1.O=C([O-])C(=O)[O-].[Na+].[Na+]. The average Bonchev–Trinajstić information content (AvgIpc) is 3.03. The van der Waals surface area contributed by atoms with Gasteiger partial charge in [0.15, 0.2) is 0 Å². The molecule has 1 aromatic heterocycles. The Morgan fingerprint density at radius 3 is 2.48 bits per heavy atom. The van der Waals surface area contributed by atoms with Crippen LogP contribution >= 0.6 is 11.7 Å². The topological polar surface area (TPSA) is 119 Å². The van der Waals surface area contributed by atoms with Gasteiger partial charge in [-0.3, -0.25) is 0 Å². The van der Waals surface area contributed by atoms with Crippen molar-refractivity contribution in [3.8, 4) is 5.88 Å². The van der Waals surface area contributed by atoms with Crippen LogP contribution in [0, 0.1) is 0 Å². The third-order valence-electron chi connectivity index (χ3n) is 3.20. The number of aromatic nitrogens is 2. The van der Waals surface area contributed by atoms with Crippen LogP contribution < -0.4 is 74.1 Å². The number of hydrogen-bond acceptors (Lipinski definition) is 9. The minimum absolute atomic E-state index is 0. The van der Waals surface area contributed by atoms with Gasteiger partial charge in [-0.15, -0.1) is 4.37 Å². The van der Waals surface area contributed by atoms with Crippen LogP contribution in [-0.4, -0.2) is 52.3 Å². The second-order valence-electron chi connectivity index (χ2n) is 5.27. The van der Waals surface area contributed by atoms with Crippen LogP contribution in [0.25, 0.3) is 5.57 Å². The minimum atomic E-state index is -2.19. The number of nitrogens with zero attached hydrogens (tertiary/aromatic N) is 3. The Morgan fingerprint density at radius 2 is 1.93 bits per heavy atom. The summed E-state index contributed by atoms with van der Waals surface area (Å²) in [5.74, 6) is -3.68. The zero-order valence-electron chi connectivity index (χ0n) is 16.3. The number of aliphatic carboxylic acids is 2. The molecule has 2 heterocycles. The number of carboxylic acid groups (broad SMARTS) is 2. The predicted octanol–water partition coefficient (Wildman–Crippen LogP) is -6.51. The van der Waals surface area contributed by atoms with Crippen molar-refractivity contribution < 1.29 is 83.7 Å². The maximum atomic E-state index is 8.93. The van der Waals surface area contributed by atoms with Crippen LogP contribution in [0.3, 0.4) is 0 Å². The van der Waals surface area contributed by atoms with Gasteiger partial charge in [-0.25, -0.2) is 0 Å². The summed E-state index contributed by atoms with van der Waals surface area (Å²) < 4.78 is 14.4. The van der Waals surface area contributed by atoms with E-state index >= 15 is 0 Å². The molecule has 1 aliphatic rings. The number of rotatable bonds is 6. The number of allylic oxidation sites excluding steroid dienone is 1. The molecular formula is C16H21N3Na2O5S. The van der Waals surface area contributed by atoms with Gasteiger partial charge in [-0.05, 0) is 31.9 Å². The summed E-state index contributed by atoms with van der Waals surface area (Å²) in [6, 6.07) is 0. The van der Waals surface area contributed by atoms with Gasteiger partial charge >= 0.3 is 59.1 Å². The molecule has 0 fully saturated rings. The zero-order chi connectivity index (χ0) is 18.7. The van der Waals surface area contributed by atoms with Crippen molar-refractivity contribution in [3.63, 3.8) is 0 Å². The summed E-state index contributed by atoms with van der Waals surface area (Å²) in [4.78, 5) is 20.1. The molecule has 0 aliphatic carbocycles. The van der Waals surface area contributed by atoms with Gasteiger partial charge in [0, 0.05) is 13.1 Å². The van der Waals surface area contributed by atoms with E-state index < -0.39 is 11.9 Å². The first-order valence-electron chi connectivity index (χ1n) is 7.86. The fourth-order valence-corrected chi connectivity index (χ4v) is 2.58. The van der Waals surface area contributed by atoms with Crippen molar-refractivity contribution in [1.29, 1.82) is 0 Å². The Bertz CT molecular complexity index is 625. The number of carbonyl (C=O) groups is 2. The predicted molar refractivity (Wildman–Crippen MR) is 89.6 cm³/mol. The molecule has 27 heavy (non-hydrogen) atoms. The van der Waals surface area contributed by atoms with E-state index in [0.717, 1.165) is 38.0 Å². The summed E-state index contributed by atoms with van der Waals surface area (Å²) >= 11 is 1.23. The van der Waals surface area contributed by atoms with Crippen LogP contribution in [0.15, 0.2) is 18.2 Å². The molecule has 138 valence electrons. The third-order valence-corrected chi connectivity index (χ3v) is 3.71. The van der Waals surface area contributed by atoms with E-state index in [1.165, 1.54) is 17.3 Å². The van der Waals surface area contributed by atoms with Gasteiger partial charge in [0.25, 0.3) is 5.88 Å². The van der Waals surface area contributed by atoms with E-state index in [2.05, 4.69) is 45.8 Å². The molecular weight excluding hydrogens is 392 g/mol. The first kappa shape index (κ1) is 28.9. The van der Waals surface area contributed by atoms with Gasteiger partial charge < -0.3 is 29.4 Å². The first-order valence-corrected chi connectivity index (χ1v) is 8.59. The standard InChI is InChI=1S/C14H21N3OS.C2H2O4.2Na/c1-3-4-5-6-10-18-14-13(15-19-16-14)12-8-7-9-17(2)11-12;3-1(4)2(5)6;;/h4-5,8H,3,6-7,9-11H2,1-2H3;(H,3,4)(H,5,6);;/q;;2*+1/p-2/b5-4+;;;. The quantitative estimate of drug-likeness (QED) is 0.196. The minimum Gasteiger partial charge on any atom is -0.543 e. The van der Waals surface area contributed by atoms with Crippen molar-refractivity contribution in [1.82, 2.24) is 13.6 Å². The molecule has 0 atom stereocenters. The van der Waals surface area contributed by atoms with E-state index in [-0.39, 0.29) is 59.1 Å². The first-order chi connectivity index (χ1) is 12.0. The van der Waals surface area contributed by atoms with Crippen LogP contribution in [0.1, 0.15) is 31.9 Å². The summed E-state index contributed by atoms with van der Waals surface area (Å²) in [5.41, 5.74) is 2.16. The molecule has 11 heteroatoms. The fraction of sp³-hybridized carbons (Fsp3) is 0.500. The summed E-state index contributed by atoms with van der Waals surface area (Å²) in [6.45, 7) is 4.83.